The van der Waals surface area contributed by atoms with Crippen LogP contribution in [0, 0.1) is 3.57 Å². The van der Waals surface area contributed by atoms with Crippen LogP contribution in [0.25, 0.3) is 0 Å². The number of amides is 2. The normalized spacial score (nSPS) is 11.8. The van der Waals surface area contributed by atoms with Gasteiger partial charge in [0.1, 0.15) is 0 Å². The SMILES string of the molecule is O=C(Nc1cnn(Cc2ccccc2)c1)NC(CO)c1cccc(I)c1. The Morgan fingerprint density at radius 2 is 2.00 bits per heavy atom. The second-order valence-electron chi connectivity index (χ2n) is 5.80. The van der Waals surface area contributed by atoms with Gasteiger partial charge in [0.15, 0.2) is 0 Å². The van der Waals surface area contributed by atoms with Crippen LogP contribution < -0.4 is 10.6 Å². The summed E-state index contributed by atoms with van der Waals surface area (Å²) >= 11 is 2.20. The number of nitrogens with zero attached hydrogens (tertiary/aromatic N) is 2. The minimum atomic E-state index is -0.468. The van der Waals surface area contributed by atoms with Crippen LogP contribution in [-0.4, -0.2) is 27.5 Å². The first-order chi connectivity index (χ1) is 12.6. The van der Waals surface area contributed by atoms with E-state index >= 15 is 0 Å². The molecular weight excluding hydrogens is 443 g/mol. The summed E-state index contributed by atoms with van der Waals surface area (Å²) in [6.07, 6.45) is 3.37. The fourth-order valence-corrected chi connectivity index (χ4v) is 3.14. The van der Waals surface area contributed by atoms with Gasteiger partial charge in [-0.1, -0.05) is 42.5 Å². The Morgan fingerprint density at radius 1 is 1.19 bits per heavy atom. The molecule has 1 unspecified atom stereocenters. The van der Waals surface area contributed by atoms with Crippen LogP contribution in [-0.2, 0) is 6.54 Å². The predicted octanol–water partition coefficient (Wildman–Crippen LogP) is 3.39. The summed E-state index contributed by atoms with van der Waals surface area (Å²) in [4.78, 5) is 12.2. The van der Waals surface area contributed by atoms with Crippen molar-refractivity contribution in [1.29, 1.82) is 0 Å². The van der Waals surface area contributed by atoms with Gasteiger partial charge >= 0.3 is 6.03 Å². The van der Waals surface area contributed by atoms with Gasteiger partial charge in [0.25, 0.3) is 0 Å². The number of aliphatic hydroxyl groups excluding tert-OH is 1. The number of halogens is 1. The maximum absolute atomic E-state index is 12.2. The number of aliphatic hydroxyl groups is 1. The molecule has 2 aromatic carbocycles. The van der Waals surface area contributed by atoms with Crippen molar-refractivity contribution in [3.05, 3.63) is 81.7 Å². The van der Waals surface area contributed by atoms with Crippen LogP contribution in [0.5, 0.6) is 0 Å². The quantitative estimate of drug-likeness (QED) is 0.492. The fraction of sp³-hybridized carbons (Fsp3) is 0.158. The molecule has 3 rings (SSSR count). The van der Waals surface area contributed by atoms with Crippen molar-refractivity contribution in [2.24, 2.45) is 0 Å². The third kappa shape index (κ3) is 5.06. The van der Waals surface area contributed by atoms with Gasteiger partial charge in [-0.05, 0) is 45.9 Å². The molecule has 6 nitrogen and oxygen atoms in total. The van der Waals surface area contributed by atoms with E-state index in [0.29, 0.717) is 12.2 Å². The van der Waals surface area contributed by atoms with Gasteiger partial charge in [0, 0.05) is 9.77 Å². The Hall–Kier alpha value is -2.39. The molecule has 0 spiro atoms. The summed E-state index contributed by atoms with van der Waals surface area (Å²) in [5.74, 6) is 0. The molecule has 3 N–H and O–H groups in total. The molecule has 0 aliphatic rings. The van der Waals surface area contributed by atoms with Gasteiger partial charge in [-0.3, -0.25) is 4.68 Å². The highest BCUT2D eigenvalue weighted by atomic mass is 127. The monoisotopic (exact) mass is 462 g/mol. The molecule has 0 bridgehead atoms. The van der Waals surface area contributed by atoms with Crippen LogP contribution in [0.15, 0.2) is 67.0 Å². The molecule has 0 aliphatic heterocycles. The molecular formula is C19H19IN4O2. The van der Waals surface area contributed by atoms with Crippen LogP contribution in [0.1, 0.15) is 17.2 Å². The van der Waals surface area contributed by atoms with E-state index < -0.39 is 6.04 Å². The van der Waals surface area contributed by atoms with Crippen molar-refractivity contribution in [3.63, 3.8) is 0 Å². The third-order valence-corrected chi connectivity index (χ3v) is 4.49. The summed E-state index contributed by atoms with van der Waals surface area (Å²) in [6.45, 7) is 0.451. The van der Waals surface area contributed by atoms with Gasteiger partial charge in [0.05, 0.1) is 31.1 Å². The number of carbonyl (C=O) groups is 1. The average Bonchev–Trinajstić information content (AvgIpc) is 3.07. The first kappa shape index (κ1) is 18.4. The Balaban J connectivity index is 1.59. The van der Waals surface area contributed by atoms with Crippen LogP contribution in [0.2, 0.25) is 0 Å². The van der Waals surface area contributed by atoms with Gasteiger partial charge in [-0.2, -0.15) is 5.10 Å². The fourth-order valence-electron chi connectivity index (χ4n) is 2.57. The Kier molecular flexibility index (Phi) is 6.24. The molecule has 134 valence electrons. The second kappa shape index (κ2) is 8.81. The predicted molar refractivity (Wildman–Crippen MR) is 109 cm³/mol. The summed E-state index contributed by atoms with van der Waals surface area (Å²) in [7, 11) is 0. The van der Waals surface area contributed by atoms with Crippen molar-refractivity contribution in [2.75, 3.05) is 11.9 Å². The largest absolute Gasteiger partial charge is 0.394 e. The summed E-state index contributed by atoms with van der Waals surface area (Å²) in [5, 5.41) is 19.4. The molecule has 26 heavy (non-hydrogen) atoms. The molecule has 0 saturated carbocycles. The first-order valence-corrected chi connectivity index (χ1v) is 9.22. The lowest BCUT2D eigenvalue weighted by Crippen LogP contribution is -2.34. The van der Waals surface area contributed by atoms with E-state index in [2.05, 4.69) is 38.3 Å². The number of anilines is 1. The lowest BCUT2D eigenvalue weighted by Gasteiger charge is -2.17. The maximum Gasteiger partial charge on any atom is 0.319 e. The van der Waals surface area contributed by atoms with Gasteiger partial charge in [-0.25, -0.2) is 4.79 Å². The van der Waals surface area contributed by atoms with E-state index in [1.807, 2.05) is 54.6 Å². The van der Waals surface area contributed by atoms with E-state index in [0.717, 1.165) is 14.7 Å². The first-order valence-electron chi connectivity index (χ1n) is 8.14. The van der Waals surface area contributed by atoms with Crippen molar-refractivity contribution < 1.29 is 9.90 Å². The van der Waals surface area contributed by atoms with Crippen molar-refractivity contribution in [1.82, 2.24) is 15.1 Å². The summed E-state index contributed by atoms with van der Waals surface area (Å²) < 4.78 is 2.80. The van der Waals surface area contributed by atoms with Crippen LogP contribution in [0.3, 0.4) is 0 Å². The van der Waals surface area contributed by atoms with Gasteiger partial charge in [0.2, 0.25) is 0 Å². The molecule has 3 aromatic rings. The standard InChI is InChI=1S/C19H19IN4O2/c20-16-8-4-7-15(9-16)18(13-25)23-19(26)22-17-10-21-24(12-17)11-14-5-2-1-3-6-14/h1-10,12,18,25H,11,13H2,(H2,22,23,26). The highest BCUT2D eigenvalue weighted by Crippen LogP contribution is 2.16. The number of nitrogens with one attached hydrogen (secondary N) is 2. The zero-order valence-electron chi connectivity index (χ0n) is 14.0. The lowest BCUT2D eigenvalue weighted by molar-refractivity contribution is 0.225. The van der Waals surface area contributed by atoms with Crippen molar-refractivity contribution in [3.8, 4) is 0 Å². The van der Waals surface area contributed by atoms with Gasteiger partial charge < -0.3 is 15.7 Å². The lowest BCUT2D eigenvalue weighted by atomic mass is 10.1. The molecule has 0 fully saturated rings. The number of carbonyl (C=O) groups excluding carboxylic acids is 1. The molecule has 2 amide bonds. The van der Waals surface area contributed by atoms with Crippen LogP contribution in [0.4, 0.5) is 10.5 Å². The molecule has 1 atom stereocenters. The summed E-state index contributed by atoms with van der Waals surface area (Å²) in [6, 6.07) is 16.8. The highest BCUT2D eigenvalue weighted by molar-refractivity contribution is 14.1. The van der Waals surface area contributed by atoms with E-state index in [-0.39, 0.29) is 12.6 Å². The van der Waals surface area contributed by atoms with E-state index in [9.17, 15) is 9.90 Å². The minimum Gasteiger partial charge on any atom is -0.394 e. The molecule has 0 radical (unpaired) electrons. The van der Waals surface area contributed by atoms with E-state index in [1.54, 1.807) is 17.1 Å². The highest BCUT2D eigenvalue weighted by Gasteiger charge is 2.14. The van der Waals surface area contributed by atoms with Gasteiger partial charge in [-0.15, -0.1) is 0 Å². The molecule has 0 saturated heterocycles. The number of hydrogen-bond acceptors (Lipinski definition) is 3. The Labute approximate surface area is 165 Å². The van der Waals surface area contributed by atoms with Crippen molar-refractivity contribution >= 4 is 34.3 Å². The number of benzene rings is 2. The van der Waals surface area contributed by atoms with Crippen molar-refractivity contribution in [2.45, 2.75) is 12.6 Å². The maximum atomic E-state index is 12.2. The number of urea groups is 1. The Bertz CT molecular complexity index is 867. The van der Waals surface area contributed by atoms with Crippen LogP contribution >= 0.6 is 22.6 Å². The zero-order valence-corrected chi connectivity index (χ0v) is 16.1. The number of hydrogen-bond donors (Lipinski definition) is 3. The molecule has 0 aliphatic carbocycles. The second-order valence-corrected chi connectivity index (χ2v) is 7.05. The Morgan fingerprint density at radius 3 is 2.73 bits per heavy atom. The topological polar surface area (TPSA) is 79.2 Å². The smallest absolute Gasteiger partial charge is 0.319 e. The van der Waals surface area contributed by atoms with E-state index in [4.69, 9.17) is 0 Å². The zero-order chi connectivity index (χ0) is 18.4. The third-order valence-electron chi connectivity index (χ3n) is 3.82. The minimum absolute atomic E-state index is 0.180. The molecule has 1 aromatic heterocycles. The number of rotatable bonds is 6. The van der Waals surface area contributed by atoms with E-state index in [1.165, 1.54) is 0 Å². The average molecular weight is 462 g/mol. The number of aromatic nitrogens is 2. The summed E-state index contributed by atoms with van der Waals surface area (Å²) in [5.41, 5.74) is 2.58. The molecule has 7 heteroatoms. The molecule has 1 heterocycles.